The number of hydrogen-bond acceptors (Lipinski definition) is 5. The van der Waals surface area contributed by atoms with Gasteiger partial charge in [0.05, 0.1) is 24.3 Å². The summed E-state index contributed by atoms with van der Waals surface area (Å²) in [5.41, 5.74) is 0.550. The van der Waals surface area contributed by atoms with Crippen LogP contribution in [0.2, 0.25) is 0 Å². The van der Waals surface area contributed by atoms with Crippen LogP contribution in [0.25, 0.3) is 0 Å². The van der Waals surface area contributed by atoms with Crippen LogP contribution in [0.1, 0.15) is 30.1 Å². The van der Waals surface area contributed by atoms with E-state index in [0.29, 0.717) is 25.0 Å². The van der Waals surface area contributed by atoms with E-state index in [4.69, 9.17) is 14.2 Å². The monoisotopic (exact) mass is 317 g/mol. The Morgan fingerprint density at radius 1 is 1.17 bits per heavy atom. The van der Waals surface area contributed by atoms with E-state index < -0.39 is 0 Å². The number of morpholine rings is 1. The number of piperidine rings is 1. The molecule has 0 N–H and O–H groups in total. The minimum atomic E-state index is -0.311. The number of hydrogen-bond donors (Lipinski definition) is 0. The highest BCUT2D eigenvalue weighted by molar-refractivity contribution is 5.89. The van der Waals surface area contributed by atoms with Crippen LogP contribution < -0.4 is 0 Å². The lowest BCUT2D eigenvalue weighted by molar-refractivity contribution is -0.0294. The summed E-state index contributed by atoms with van der Waals surface area (Å²) in [6.07, 6.45) is 0.894. The second-order valence-electron chi connectivity index (χ2n) is 6.17. The number of fused-ring (bicyclic) bond motifs is 5. The molecule has 0 aliphatic carbocycles. The Balaban J connectivity index is 1.43. The van der Waals surface area contributed by atoms with Gasteiger partial charge in [-0.15, -0.1) is 0 Å². The zero-order valence-corrected chi connectivity index (χ0v) is 12.9. The van der Waals surface area contributed by atoms with Crippen molar-refractivity contribution in [1.82, 2.24) is 4.90 Å². The highest BCUT2D eigenvalue weighted by atomic mass is 16.6. The lowest BCUT2D eigenvalue weighted by Crippen LogP contribution is -2.52. The van der Waals surface area contributed by atoms with Gasteiger partial charge in [-0.25, -0.2) is 9.59 Å². The van der Waals surface area contributed by atoms with Crippen molar-refractivity contribution in [2.45, 2.75) is 50.2 Å². The molecule has 0 unspecified atom stereocenters. The Morgan fingerprint density at radius 3 is 2.43 bits per heavy atom. The Hall–Kier alpha value is -2.08. The van der Waals surface area contributed by atoms with Crippen molar-refractivity contribution < 1.29 is 23.8 Å². The van der Waals surface area contributed by atoms with E-state index in [9.17, 15) is 9.59 Å². The number of carbonyl (C=O) groups is 2. The average Bonchev–Trinajstić information content (AvgIpc) is 3.32. The van der Waals surface area contributed by atoms with Crippen LogP contribution in [-0.2, 0) is 14.2 Å². The van der Waals surface area contributed by atoms with Crippen LogP contribution in [0.15, 0.2) is 30.3 Å². The van der Waals surface area contributed by atoms with Crippen LogP contribution >= 0.6 is 0 Å². The van der Waals surface area contributed by atoms with Gasteiger partial charge in [0.25, 0.3) is 0 Å². The highest BCUT2D eigenvalue weighted by Crippen LogP contribution is 2.49. The summed E-state index contributed by atoms with van der Waals surface area (Å²) in [5, 5.41) is 0. The van der Waals surface area contributed by atoms with Crippen LogP contribution in [-0.4, -0.2) is 54.0 Å². The summed E-state index contributed by atoms with van der Waals surface area (Å²) in [6, 6.07) is 8.87. The fourth-order valence-electron chi connectivity index (χ4n) is 3.81. The molecule has 6 nitrogen and oxygen atoms in total. The number of epoxide rings is 1. The lowest BCUT2D eigenvalue weighted by atomic mass is 9.99. The van der Waals surface area contributed by atoms with Crippen molar-refractivity contribution in [2.75, 3.05) is 6.61 Å². The molecule has 4 rings (SSSR count). The molecule has 3 saturated heterocycles. The maximum absolute atomic E-state index is 12.2. The Bertz CT molecular complexity index is 601. The van der Waals surface area contributed by atoms with Gasteiger partial charge in [-0.1, -0.05) is 18.2 Å². The molecule has 3 fully saturated rings. The summed E-state index contributed by atoms with van der Waals surface area (Å²) in [7, 11) is 0. The molecule has 0 spiro atoms. The Labute approximate surface area is 134 Å². The first-order valence-corrected chi connectivity index (χ1v) is 8.05. The molecule has 1 aromatic carbocycles. The van der Waals surface area contributed by atoms with E-state index in [2.05, 4.69) is 0 Å². The second kappa shape index (κ2) is 5.53. The van der Waals surface area contributed by atoms with E-state index in [1.54, 1.807) is 24.0 Å². The first-order valence-electron chi connectivity index (χ1n) is 8.05. The van der Waals surface area contributed by atoms with Gasteiger partial charge in [-0.2, -0.15) is 0 Å². The number of carbonyl (C=O) groups excluding carboxylic acids is 2. The van der Waals surface area contributed by atoms with Crippen LogP contribution in [0.5, 0.6) is 0 Å². The molecular formula is C17H19NO5. The van der Waals surface area contributed by atoms with Gasteiger partial charge in [-0.05, 0) is 19.1 Å². The standard InChI is InChI=1S/C17H19NO5/c1-2-21-17(20)18-12-8-11(9-13(18)15-14(12)23-15)22-16(19)10-6-4-3-5-7-10/h3-7,11-15H,2,8-9H2,1H3/t11-,12-,13+,14-,15+. The normalized spacial score (nSPS) is 33.8. The van der Waals surface area contributed by atoms with Crippen LogP contribution in [0.3, 0.4) is 0 Å². The van der Waals surface area contributed by atoms with Crippen molar-refractivity contribution in [3.63, 3.8) is 0 Å². The topological polar surface area (TPSA) is 68.4 Å². The number of nitrogens with zero attached hydrogens (tertiary/aromatic N) is 1. The van der Waals surface area contributed by atoms with E-state index in [0.717, 1.165) is 0 Å². The zero-order valence-electron chi connectivity index (χ0n) is 12.9. The highest BCUT2D eigenvalue weighted by Gasteiger charge is 2.65. The van der Waals surface area contributed by atoms with Gasteiger partial charge < -0.3 is 14.2 Å². The maximum Gasteiger partial charge on any atom is 0.410 e. The molecule has 122 valence electrons. The SMILES string of the molecule is CCOC(=O)N1[C@@H]2C[C@@H](OC(=O)c3ccccc3)C[C@H]1[C@@H]1O[C@@H]12. The number of amides is 1. The molecule has 3 aliphatic rings. The third-order valence-corrected chi connectivity index (χ3v) is 4.81. The largest absolute Gasteiger partial charge is 0.459 e. The van der Waals surface area contributed by atoms with Gasteiger partial charge in [0.2, 0.25) is 0 Å². The maximum atomic E-state index is 12.2. The van der Waals surface area contributed by atoms with Crippen molar-refractivity contribution >= 4 is 12.1 Å². The zero-order chi connectivity index (χ0) is 16.0. The van der Waals surface area contributed by atoms with E-state index in [1.165, 1.54) is 0 Å². The number of esters is 1. The number of ether oxygens (including phenoxy) is 3. The summed E-state index contributed by atoms with van der Waals surface area (Å²) in [4.78, 5) is 26.1. The van der Waals surface area contributed by atoms with E-state index >= 15 is 0 Å². The lowest BCUT2D eigenvalue weighted by Gasteiger charge is -2.39. The van der Waals surface area contributed by atoms with Crippen molar-refractivity contribution in [1.29, 1.82) is 0 Å². The third kappa shape index (κ3) is 2.47. The minimum Gasteiger partial charge on any atom is -0.459 e. The minimum absolute atomic E-state index is 0.0497. The Kier molecular flexibility index (Phi) is 3.49. The van der Waals surface area contributed by atoms with Gasteiger partial charge in [-0.3, -0.25) is 4.90 Å². The molecule has 0 saturated carbocycles. The average molecular weight is 317 g/mol. The molecule has 0 aromatic heterocycles. The molecule has 6 heteroatoms. The molecule has 3 aliphatic heterocycles. The molecular weight excluding hydrogens is 298 g/mol. The van der Waals surface area contributed by atoms with Crippen LogP contribution in [0.4, 0.5) is 4.79 Å². The molecule has 3 heterocycles. The predicted molar refractivity (Wildman–Crippen MR) is 80.0 cm³/mol. The molecule has 23 heavy (non-hydrogen) atoms. The fourth-order valence-corrected chi connectivity index (χ4v) is 3.81. The van der Waals surface area contributed by atoms with Crippen LogP contribution in [0, 0.1) is 0 Å². The molecule has 2 bridgehead atoms. The Morgan fingerprint density at radius 2 is 1.83 bits per heavy atom. The van der Waals surface area contributed by atoms with Gasteiger partial charge in [0, 0.05) is 12.8 Å². The van der Waals surface area contributed by atoms with Crippen molar-refractivity contribution in [3.8, 4) is 0 Å². The quantitative estimate of drug-likeness (QED) is 0.630. The predicted octanol–water partition coefficient (Wildman–Crippen LogP) is 1.98. The first kappa shape index (κ1) is 14.5. The summed E-state index contributed by atoms with van der Waals surface area (Å²) >= 11 is 0. The number of rotatable bonds is 3. The molecule has 1 amide bonds. The summed E-state index contributed by atoms with van der Waals surface area (Å²) in [6.45, 7) is 2.16. The van der Waals surface area contributed by atoms with Gasteiger partial charge in [0.15, 0.2) is 0 Å². The summed E-state index contributed by atoms with van der Waals surface area (Å²) < 4.78 is 16.4. The molecule has 1 aromatic rings. The van der Waals surface area contributed by atoms with Crippen molar-refractivity contribution in [3.05, 3.63) is 35.9 Å². The molecule has 0 radical (unpaired) electrons. The summed E-state index contributed by atoms with van der Waals surface area (Å²) in [5.74, 6) is -0.311. The van der Waals surface area contributed by atoms with Gasteiger partial charge >= 0.3 is 12.1 Å². The van der Waals surface area contributed by atoms with Gasteiger partial charge in [0.1, 0.15) is 18.3 Å². The van der Waals surface area contributed by atoms with Crippen molar-refractivity contribution in [2.24, 2.45) is 0 Å². The third-order valence-electron chi connectivity index (χ3n) is 4.81. The smallest absolute Gasteiger partial charge is 0.410 e. The first-order chi connectivity index (χ1) is 11.2. The fraction of sp³-hybridized carbons (Fsp3) is 0.529. The number of benzene rings is 1. The van der Waals surface area contributed by atoms with E-state index in [1.807, 2.05) is 18.2 Å². The van der Waals surface area contributed by atoms with E-state index in [-0.39, 0.29) is 42.5 Å². The molecule has 5 atom stereocenters. The second-order valence-corrected chi connectivity index (χ2v) is 6.17.